The first kappa shape index (κ1) is 16.1. The first-order valence-electron chi connectivity index (χ1n) is 5.52. The van der Waals surface area contributed by atoms with Crippen LogP contribution in [-0.4, -0.2) is 34.1 Å². The van der Waals surface area contributed by atoms with E-state index in [2.05, 4.69) is 17.9 Å². The van der Waals surface area contributed by atoms with E-state index in [1.165, 1.54) is 0 Å². The summed E-state index contributed by atoms with van der Waals surface area (Å²) in [5.74, 6) is -1.38. The topological polar surface area (TPSA) is 83.5 Å². The SMILES string of the molecule is CCC(=O)C(CC(=O)S)N[C@H](C(=O)O)C(C)C. The Kier molecular flexibility index (Phi) is 7.06. The second kappa shape index (κ2) is 7.45. The van der Waals surface area contributed by atoms with Crippen molar-refractivity contribution in [3.05, 3.63) is 0 Å². The molecule has 6 heteroatoms. The van der Waals surface area contributed by atoms with Gasteiger partial charge in [0.25, 0.3) is 0 Å². The molecule has 2 atom stereocenters. The van der Waals surface area contributed by atoms with Crippen LogP contribution in [0.3, 0.4) is 0 Å². The van der Waals surface area contributed by atoms with Gasteiger partial charge in [-0.2, -0.15) is 0 Å². The Balaban J connectivity index is 4.76. The third kappa shape index (κ3) is 5.83. The predicted molar refractivity (Wildman–Crippen MR) is 67.1 cm³/mol. The highest BCUT2D eigenvalue weighted by Crippen LogP contribution is 2.08. The van der Waals surface area contributed by atoms with Gasteiger partial charge < -0.3 is 5.11 Å². The number of carboxylic acids is 1. The highest BCUT2D eigenvalue weighted by atomic mass is 32.1. The monoisotopic (exact) mass is 261 g/mol. The normalized spacial score (nSPS) is 14.4. The molecule has 0 heterocycles. The van der Waals surface area contributed by atoms with Crippen LogP contribution in [0.15, 0.2) is 0 Å². The van der Waals surface area contributed by atoms with E-state index in [1.54, 1.807) is 20.8 Å². The molecule has 0 aromatic carbocycles. The van der Waals surface area contributed by atoms with Gasteiger partial charge in [0.15, 0.2) is 5.12 Å². The lowest BCUT2D eigenvalue weighted by Gasteiger charge is -2.23. The van der Waals surface area contributed by atoms with E-state index in [-0.39, 0.29) is 24.5 Å². The molecule has 17 heavy (non-hydrogen) atoms. The highest BCUT2D eigenvalue weighted by molar-refractivity contribution is 7.96. The summed E-state index contributed by atoms with van der Waals surface area (Å²) in [4.78, 5) is 33.5. The van der Waals surface area contributed by atoms with Crippen molar-refractivity contribution in [1.82, 2.24) is 5.32 Å². The minimum absolute atomic E-state index is 0.0910. The molecule has 0 saturated carbocycles. The third-order valence-corrected chi connectivity index (χ3v) is 2.61. The standard InChI is InChI=1S/C11H19NO4S/c1-4-8(13)7(5-9(14)17)12-10(6(2)3)11(15)16/h6-7,10,12H,4-5H2,1-3H3,(H,14,17)(H,15,16)/t7?,10-/m0/s1. The van der Waals surface area contributed by atoms with Crippen LogP contribution in [-0.2, 0) is 14.4 Å². The Bertz CT molecular complexity index is 304. The van der Waals surface area contributed by atoms with Crippen molar-refractivity contribution in [1.29, 1.82) is 0 Å². The molecule has 0 aliphatic rings. The van der Waals surface area contributed by atoms with Crippen LogP contribution >= 0.6 is 12.6 Å². The number of hydrogen-bond donors (Lipinski definition) is 3. The molecule has 98 valence electrons. The highest BCUT2D eigenvalue weighted by Gasteiger charge is 2.28. The van der Waals surface area contributed by atoms with Crippen molar-refractivity contribution in [3.8, 4) is 0 Å². The first-order chi connectivity index (χ1) is 7.79. The molecule has 0 rings (SSSR count). The first-order valence-corrected chi connectivity index (χ1v) is 5.97. The quantitative estimate of drug-likeness (QED) is 0.565. The van der Waals surface area contributed by atoms with Gasteiger partial charge in [-0.1, -0.05) is 20.8 Å². The maximum atomic E-state index is 11.6. The average Bonchev–Trinajstić information content (AvgIpc) is 2.21. The van der Waals surface area contributed by atoms with E-state index in [0.29, 0.717) is 0 Å². The second-order valence-electron chi connectivity index (χ2n) is 4.20. The minimum atomic E-state index is -1.03. The predicted octanol–water partition coefficient (Wildman–Crippen LogP) is 0.879. The summed E-state index contributed by atoms with van der Waals surface area (Å²) in [5.41, 5.74) is 0. The van der Waals surface area contributed by atoms with Gasteiger partial charge in [0.05, 0.1) is 6.04 Å². The molecule has 0 spiro atoms. The van der Waals surface area contributed by atoms with Crippen molar-refractivity contribution < 1.29 is 19.5 Å². The Morgan fingerprint density at radius 1 is 1.29 bits per heavy atom. The van der Waals surface area contributed by atoms with E-state index in [0.717, 1.165) is 0 Å². The molecular weight excluding hydrogens is 242 g/mol. The van der Waals surface area contributed by atoms with E-state index in [1.807, 2.05) is 0 Å². The molecular formula is C11H19NO4S. The number of ketones is 1. The minimum Gasteiger partial charge on any atom is -0.480 e. The maximum absolute atomic E-state index is 11.6. The number of Topliss-reactive ketones (excluding diaryl/α,β-unsaturated/α-hetero) is 1. The Hall–Kier alpha value is -0.880. The number of hydrogen-bond acceptors (Lipinski definition) is 4. The smallest absolute Gasteiger partial charge is 0.320 e. The molecule has 0 bridgehead atoms. The number of carbonyl (C=O) groups excluding carboxylic acids is 2. The zero-order chi connectivity index (χ0) is 13.6. The molecule has 1 unspecified atom stereocenters. The number of carboxylic acid groups (broad SMARTS) is 1. The van der Waals surface area contributed by atoms with Crippen LogP contribution in [0.25, 0.3) is 0 Å². The zero-order valence-corrected chi connectivity index (χ0v) is 11.2. The molecule has 0 aliphatic carbocycles. The fraction of sp³-hybridized carbons (Fsp3) is 0.727. The Morgan fingerprint density at radius 3 is 2.12 bits per heavy atom. The van der Waals surface area contributed by atoms with Crippen molar-refractivity contribution in [2.45, 2.75) is 45.7 Å². The van der Waals surface area contributed by atoms with Crippen LogP contribution in [0.4, 0.5) is 0 Å². The Morgan fingerprint density at radius 2 is 1.82 bits per heavy atom. The van der Waals surface area contributed by atoms with E-state index < -0.39 is 23.2 Å². The third-order valence-electron chi connectivity index (χ3n) is 2.43. The molecule has 0 amide bonds. The summed E-state index contributed by atoms with van der Waals surface area (Å²) >= 11 is 3.62. The fourth-order valence-electron chi connectivity index (χ4n) is 1.45. The van der Waals surface area contributed by atoms with Crippen molar-refractivity contribution in [2.75, 3.05) is 0 Å². The molecule has 0 saturated heterocycles. The van der Waals surface area contributed by atoms with Crippen LogP contribution < -0.4 is 5.32 Å². The fourth-order valence-corrected chi connectivity index (χ4v) is 1.63. The lowest BCUT2D eigenvalue weighted by molar-refractivity contribution is -0.141. The second-order valence-corrected chi connectivity index (χ2v) is 4.70. The summed E-state index contributed by atoms with van der Waals surface area (Å²) in [5, 5.41) is 11.3. The van der Waals surface area contributed by atoms with E-state index >= 15 is 0 Å². The molecule has 0 fully saturated rings. The average molecular weight is 261 g/mol. The lowest BCUT2D eigenvalue weighted by Crippen LogP contribution is -2.50. The summed E-state index contributed by atoms with van der Waals surface area (Å²) in [6.07, 6.45) is 0.162. The number of rotatable bonds is 8. The Labute approximate surface area is 106 Å². The number of nitrogens with one attached hydrogen (secondary N) is 1. The summed E-state index contributed by atoms with van der Waals surface area (Å²) in [6.45, 7) is 5.15. The van der Waals surface area contributed by atoms with Crippen LogP contribution in [0.1, 0.15) is 33.6 Å². The van der Waals surface area contributed by atoms with Crippen LogP contribution in [0.2, 0.25) is 0 Å². The lowest BCUT2D eigenvalue weighted by atomic mass is 10.0. The van der Waals surface area contributed by atoms with E-state index in [4.69, 9.17) is 5.11 Å². The number of aliphatic carboxylic acids is 1. The van der Waals surface area contributed by atoms with Gasteiger partial charge in [0, 0.05) is 12.8 Å². The zero-order valence-electron chi connectivity index (χ0n) is 10.3. The van der Waals surface area contributed by atoms with Gasteiger partial charge in [-0.3, -0.25) is 19.7 Å². The van der Waals surface area contributed by atoms with Gasteiger partial charge in [0.2, 0.25) is 0 Å². The van der Waals surface area contributed by atoms with Crippen molar-refractivity contribution >= 4 is 29.5 Å². The van der Waals surface area contributed by atoms with Gasteiger partial charge >= 0.3 is 5.97 Å². The molecule has 2 N–H and O–H groups in total. The summed E-state index contributed by atoms with van der Waals surface area (Å²) in [7, 11) is 0. The van der Waals surface area contributed by atoms with Crippen LogP contribution in [0, 0.1) is 5.92 Å². The molecule has 0 aromatic heterocycles. The van der Waals surface area contributed by atoms with Crippen molar-refractivity contribution in [3.63, 3.8) is 0 Å². The van der Waals surface area contributed by atoms with E-state index in [9.17, 15) is 14.4 Å². The summed E-state index contributed by atoms with van der Waals surface area (Å²) in [6, 6.07) is -1.61. The molecule has 0 aromatic rings. The molecule has 0 aliphatic heterocycles. The maximum Gasteiger partial charge on any atom is 0.320 e. The molecule has 0 radical (unpaired) electrons. The number of carbonyl (C=O) groups is 3. The van der Waals surface area contributed by atoms with Gasteiger partial charge in [0.1, 0.15) is 11.8 Å². The van der Waals surface area contributed by atoms with Gasteiger partial charge in [-0.05, 0) is 5.92 Å². The number of thiol groups is 1. The van der Waals surface area contributed by atoms with Crippen LogP contribution in [0.5, 0.6) is 0 Å². The van der Waals surface area contributed by atoms with Gasteiger partial charge in [-0.25, -0.2) is 0 Å². The van der Waals surface area contributed by atoms with Gasteiger partial charge in [-0.15, -0.1) is 12.6 Å². The summed E-state index contributed by atoms with van der Waals surface area (Å²) < 4.78 is 0. The molecule has 5 nitrogen and oxygen atoms in total. The largest absolute Gasteiger partial charge is 0.480 e. The van der Waals surface area contributed by atoms with Crippen molar-refractivity contribution in [2.24, 2.45) is 5.92 Å².